The number of benzene rings is 1. The average molecular weight is 236 g/mol. The van der Waals surface area contributed by atoms with Gasteiger partial charge in [0, 0.05) is 44.9 Å². The van der Waals surface area contributed by atoms with Crippen LogP contribution in [0.5, 0.6) is 0 Å². The van der Waals surface area contributed by atoms with Crippen molar-refractivity contribution in [1.29, 1.82) is 0 Å². The van der Waals surface area contributed by atoms with Gasteiger partial charge in [0.1, 0.15) is 6.23 Å². The summed E-state index contributed by atoms with van der Waals surface area (Å²) in [5, 5.41) is 18.6. The van der Waals surface area contributed by atoms with Crippen LogP contribution in [0.2, 0.25) is 0 Å². The zero-order chi connectivity index (χ0) is 12.1. The van der Waals surface area contributed by atoms with E-state index in [4.69, 9.17) is 5.11 Å². The zero-order valence-corrected chi connectivity index (χ0v) is 10.00. The fraction of sp³-hybridized carbons (Fsp3) is 0.538. The largest absolute Gasteiger partial charge is 0.396 e. The number of rotatable bonds is 4. The Morgan fingerprint density at radius 3 is 2.29 bits per heavy atom. The molecule has 1 aromatic rings. The number of para-hydroxylation sites is 1. The van der Waals surface area contributed by atoms with Crippen LogP contribution < -0.4 is 4.90 Å². The Labute approximate surface area is 102 Å². The third kappa shape index (κ3) is 3.19. The zero-order valence-electron chi connectivity index (χ0n) is 10.00. The molecule has 0 aliphatic carbocycles. The summed E-state index contributed by atoms with van der Waals surface area (Å²) in [6.45, 7) is 3.57. The summed E-state index contributed by atoms with van der Waals surface area (Å²) >= 11 is 0. The van der Waals surface area contributed by atoms with Crippen molar-refractivity contribution < 1.29 is 10.2 Å². The molecule has 0 spiro atoms. The molecule has 1 heterocycles. The summed E-state index contributed by atoms with van der Waals surface area (Å²) < 4.78 is 0. The molecule has 1 atom stereocenters. The van der Waals surface area contributed by atoms with E-state index in [1.54, 1.807) is 0 Å². The topological polar surface area (TPSA) is 46.9 Å². The van der Waals surface area contributed by atoms with Gasteiger partial charge < -0.3 is 15.1 Å². The molecule has 0 radical (unpaired) electrons. The molecule has 0 bridgehead atoms. The van der Waals surface area contributed by atoms with E-state index >= 15 is 0 Å². The van der Waals surface area contributed by atoms with Gasteiger partial charge in [-0.1, -0.05) is 18.2 Å². The number of piperazine rings is 1. The molecular formula is C13H20N2O2. The van der Waals surface area contributed by atoms with Gasteiger partial charge in [0.15, 0.2) is 0 Å². The van der Waals surface area contributed by atoms with Crippen molar-refractivity contribution in [3.05, 3.63) is 30.3 Å². The van der Waals surface area contributed by atoms with E-state index in [-0.39, 0.29) is 6.61 Å². The lowest BCUT2D eigenvalue weighted by atomic mass is 10.2. The lowest BCUT2D eigenvalue weighted by Gasteiger charge is -2.38. The Hall–Kier alpha value is -1.10. The van der Waals surface area contributed by atoms with Crippen molar-refractivity contribution in [3.8, 4) is 0 Å². The molecule has 1 aliphatic heterocycles. The minimum absolute atomic E-state index is 0.0417. The fourth-order valence-corrected chi connectivity index (χ4v) is 2.22. The quantitative estimate of drug-likeness (QED) is 0.799. The molecular weight excluding hydrogens is 216 g/mol. The molecule has 2 rings (SSSR count). The monoisotopic (exact) mass is 236 g/mol. The number of hydrogen-bond acceptors (Lipinski definition) is 4. The smallest absolute Gasteiger partial charge is 0.109 e. The molecule has 1 saturated heterocycles. The van der Waals surface area contributed by atoms with Gasteiger partial charge in [-0.2, -0.15) is 0 Å². The van der Waals surface area contributed by atoms with E-state index in [1.807, 2.05) is 23.1 Å². The second-order valence-corrected chi connectivity index (χ2v) is 4.35. The highest BCUT2D eigenvalue weighted by Crippen LogP contribution is 2.16. The van der Waals surface area contributed by atoms with Gasteiger partial charge in [0.25, 0.3) is 0 Å². The minimum atomic E-state index is -0.502. The second-order valence-electron chi connectivity index (χ2n) is 4.35. The van der Waals surface area contributed by atoms with Crippen LogP contribution in [0.15, 0.2) is 30.3 Å². The Kier molecular flexibility index (Phi) is 4.36. The van der Waals surface area contributed by atoms with Crippen LogP contribution in [0.3, 0.4) is 0 Å². The van der Waals surface area contributed by atoms with Crippen LogP contribution in [0.25, 0.3) is 0 Å². The highest BCUT2D eigenvalue weighted by atomic mass is 16.3. The van der Waals surface area contributed by atoms with Crippen LogP contribution in [-0.4, -0.2) is 54.1 Å². The number of nitrogens with zero attached hydrogens (tertiary/aromatic N) is 2. The first kappa shape index (κ1) is 12.4. The summed E-state index contributed by atoms with van der Waals surface area (Å²) in [6, 6.07) is 10.3. The third-order valence-electron chi connectivity index (χ3n) is 3.24. The van der Waals surface area contributed by atoms with E-state index in [0.29, 0.717) is 6.42 Å². The van der Waals surface area contributed by atoms with E-state index in [9.17, 15) is 5.11 Å². The fourth-order valence-electron chi connectivity index (χ4n) is 2.22. The molecule has 17 heavy (non-hydrogen) atoms. The van der Waals surface area contributed by atoms with Crippen LogP contribution in [0, 0.1) is 0 Å². The molecule has 0 amide bonds. The Morgan fingerprint density at radius 2 is 1.71 bits per heavy atom. The highest BCUT2D eigenvalue weighted by molar-refractivity contribution is 5.46. The van der Waals surface area contributed by atoms with Gasteiger partial charge >= 0.3 is 0 Å². The summed E-state index contributed by atoms with van der Waals surface area (Å²) in [7, 11) is 0. The van der Waals surface area contributed by atoms with Crippen molar-refractivity contribution >= 4 is 5.69 Å². The molecule has 0 aromatic heterocycles. The third-order valence-corrected chi connectivity index (χ3v) is 3.24. The van der Waals surface area contributed by atoms with E-state index in [0.717, 1.165) is 26.2 Å². The lowest BCUT2D eigenvalue weighted by molar-refractivity contribution is -0.0154. The summed E-state index contributed by atoms with van der Waals surface area (Å²) in [6.07, 6.45) is -0.0661. The van der Waals surface area contributed by atoms with E-state index in [2.05, 4.69) is 17.0 Å². The second kappa shape index (κ2) is 6.00. The minimum Gasteiger partial charge on any atom is -0.396 e. The Balaban J connectivity index is 1.86. The molecule has 1 fully saturated rings. The van der Waals surface area contributed by atoms with Crippen molar-refractivity contribution in [3.63, 3.8) is 0 Å². The van der Waals surface area contributed by atoms with Crippen molar-refractivity contribution in [2.24, 2.45) is 0 Å². The van der Waals surface area contributed by atoms with Crippen LogP contribution >= 0.6 is 0 Å². The van der Waals surface area contributed by atoms with Gasteiger partial charge in [-0.3, -0.25) is 4.90 Å². The maximum atomic E-state index is 9.78. The highest BCUT2D eigenvalue weighted by Gasteiger charge is 2.21. The molecule has 94 valence electrons. The maximum absolute atomic E-state index is 9.78. The Morgan fingerprint density at radius 1 is 1.06 bits per heavy atom. The molecule has 4 heteroatoms. The van der Waals surface area contributed by atoms with E-state index < -0.39 is 6.23 Å². The van der Waals surface area contributed by atoms with Crippen LogP contribution in [0.4, 0.5) is 5.69 Å². The van der Waals surface area contributed by atoms with Gasteiger partial charge in [-0.05, 0) is 12.1 Å². The summed E-state index contributed by atoms with van der Waals surface area (Å²) in [5.74, 6) is 0. The lowest BCUT2D eigenvalue weighted by Crippen LogP contribution is -2.50. The first-order valence-corrected chi connectivity index (χ1v) is 6.14. The Bertz CT molecular complexity index is 323. The average Bonchev–Trinajstić information content (AvgIpc) is 2.40. The van der Waals surface area contributed by atoms with Crippen LogP contribution in [-0.2, 0) is 0 Å². The van der Waals surface area contributed by atoms with Gasteiger partial charge in [0.05, 0.1) is 0 Å². The predicted molar refractivity (Wildman–Crippen MR) is 67.9 cm³/mol. The SMILES string of the molecule is OCCC(O)N1CCN(c2ccccc2)CC1. The number of hydrogen-bond donors (Lipinski definition) is 2. The number of anilines is 1. The molecule has 0 saturated carbocycles. The van der Waals surface area contributed by atoms with Gasteiger partial charge in [-0.15, -0.1) is 0 Å². The predicted octanol–water partition coefficient (Wildman–Crippen LogP) is 0.509. The van der Waals surface area contributed by atoms with Gasteiger partial charge in [0.2, 0.25) is 0 Å². The first-order valence-electron chi connectivity index (χ1n) is 6.14. The summed E-state index contributed by atoms with van der Waals surface area (Å²) in [4.78, 5) is 4.35. The van der Waals surface area contributed by atoms with Crippen molar-refractivity contribution in [2.45, 2.75) is 12.6 Å². The van der Waals surface area contributed by atoms with Crippen LogP contribution in [0.1, 0.15) is 6.42 Å². The molecule has 2 N–H and O–H groups in total. The molecule has 4 nitrogen and oxygen atoms in total. The molecule has 1 aliphatic rings. The normalized spacial score (nSPS) is 19.3. The van der Waals surface area contributed by atoms with Crippen molar-refractivity contribution in [2.75, 3.05) is 37.7 Å². The summed E-state index contributed by atoms with van der Waals surface area (Å²) in [5.41, 5.74) is 1.24. The van der Waals surface area contributed by atoms with Gasteiger partial charge in [-0.25, -0.2) is 0 Å². The first-order chi connectivity index (χ1) is 8.31. The number of aliphatic hydroxyl groups is 2. The standard InChI is InChI=1S/C13H20N2O2/c16-11-6-13(17)15-9-7-14(8-10-15)12-4-2-1-3-5-12/h1-5,13,16-17H,6-11H2. The molecule has 1 aromatic carbocycles. The van der Waals surface area contributed by atoms with E-state index in [1.165, 1.54) is 5.69 Å². The maximum Gasteiger partial charge on any atom is 0.109 e. The van der Waals surface area contributed by atoms with Crippen molar-refractivity contribution in [1.82, 2.24) is 4.90 Å². The molecule has 1 unspecified atom stereocenters. The number of aliphatic hydroxyl groups excluding tert-OH is 2.